The third kappa shape index (κ3) is 5.74. The molecule has 0 saturated carbocycles. The minimum absolute atomic E-state index is 0.332. The Hall–Kier alpha value is -2.09. The van der Waals surface area contributed by atoms with E-state index in [1.165, 1.54) is 6.07 Å². The van der Waals surface area contributed by atoms with Crippen molar-refractivity contribution in [1.82, 2.24) is 0 Å². The number of sulfonamides is 1. The molecule has 0 aliphatic carbocycles. The summed E-state index contributed by atoms with van der Waals surface area (Å²) in [4.78, 5) is 12.3. The molecule has 2 aromatic carbocycles. The minimum Gasteiger partial charge on any atom is -0.380 e. The Labute approximate surface area is 152 Å². The summed E-state index contributed by atoms with van der Waals surface area (Å²) >= 11 is 5.92. The van der Waals surface area contributed by atoms with Crippen LogP contribution in [0.4, 0.5) is 11.4 Å². The number of ether oxygens (including phenoxy) is 1. The first-order valence-electron chi connectivity index (χ1n) is 7.40. The summed E-state index contributed by atoms with van der Waals surface area (Å²) in [7, 11) is -2.06. The molecule has 2 rings (SSSR count). The summed E-state index contributed by atoms with van der Waals surface area (Å²) in [6, 6.07) is 13.5. The van der Waals surface area contributed by atoms with Gasteiger partial charge in [-0.25, -0.2) is 8.42 Å². The third-order valence-electron chi connectivity index (χ3n) is 3.31. The van der Waals surface area contributed by atoms with Crippen LogP contribution in [0.25, 0.3) is 0 Å². The average Bonchev–Trinajstić information content (AvgIpc) is 2.52. The summed E-state index contributed by atoms with van der Waals surface area (Å²) in [5.74, 6) is -0.458. The van der Waals surface area contributed by atoms with Crippen LogP contribution in [0.1, 0.15) is 5.56 Å². The van der Waals surface area contributed by atoms with E-state index in [0.29, 0.717) is 23.0 Å². The largest absolute Gasteiger partial charge is 0.380 e. The minimum atomic E-state index is -3.64. The van der Waals surface area contributed by atoms with Crippen molar-refractivity contribution in [3.63, 3.8) is 0 Å². The van der Waals surface area contributed by atoms with Gasteiger partial charge in [-0.3, -0.25) is 9.10 Å². The number of nitrogens with zero attached hydrogens (tertiary/aromatic N) is 1. The van der Waals surface area contributed by atoms with Crippen LogP contribution in [0.5, 0.6) is 0 Å². The maximum absolute atomic E-state index is 12.3. The molecule has 0 aliphatic rings. The Morgan fingerprint density at radius 2 is 1.92 bits per heavy atom. The summed E-state index contributed by atoms with van der Waals surface area (Å²) in [6.45, 7) is 0.0649. The highest BCUT2D eigenvalue weighted by atomic mass is 35.5. The van der Waals surface area contributed by atoms with Crippen LogP contribution in [-0.2, 0) is 26.2 Å². The second kappa shape index (κ2) is 8.33. The van der Waals surface area contributed by atoms with E-state index in [9.17, 15) is 13.2 Å². The molecule has 0 spiro atoms. The van der Waals surface area contributed by atoms with Gasteiger partial charge in [-0.2, -0.15) is 0 Å². The number of methoxy groups -OCH3 is 1. The molecule has 0 aromatic heterocycles. The van der Waals surface area contributed by atoms with Crippen LogP contribution in [0.2, 0.25) is 5.02 Å². The maximum atomic E-state index is 12.3. The van der Waals surface area contributed by atoms with Gasteiger partial charge in [0.15, 0.2) is 0 Å². The van der Waals surface area contributed by atoms with E-state index in [0.717, 1.165) is 16.1 Å². The van der Waals surface area contributed by atoms with E-state index in [2.05, 4.69) is 5.32 Å². The van der Waals surface area contributed by atoms with Crippen molar-refractivity contribution in [2.24, 2.45) is 0 Å². The first-order valence-corrected chi connectivity index (χ1v) is 9.63. The predicted octanol–water partition coefficient (Wildman–Crippen LogP) is 2.89. The lowest BCUT2D eigenvalue weighted by molar-refractivity contribution is -0.114. The summed E-state index contributed by atoms with van der Waals surface area (Å²) in [5, 5.41) is 3.08. The van der Waals surface area contributed by atoms with Gasteiger partial charge in [-0.15, -0.1) is 0 Å². The van der Waals surface area contributed by atoms with Crippen LogP contribution in [0.15, 0.2) is 48.5 Å². The molecule has 0 atom stereocenters. The smallest absolute Gasteiger partial charge is 0.245 e. The van der Waals surface area contributed by atoms with E-state index in [1.54, 1.807) is 43.5 Å². The zero-order valence-electron chi connectivity index (χ0n) is 13.9. The van der Waals surface area contributed by atoms with Gasteiger partial charge in [0.05, 0.1) is 18.6 Å². The molecule has 0 aliphatic heterocycles. The van der Waals surface area contributed by atoms with E-state index < -0.39 is 15.9 Å². The average molecular weight is 383 g/mol. The fourth-order valence-electron chi connectivity index (χ4n) is 2.27. The van der Waals surface area contributed by atoms with Gasteiger partial charge in [0, 0.05) is 17.8 Å². The molecule has 134 valence electrons. The van der Waals surface area contributed by atoms with Gasteiger partial charge < -0.3 is 10.1 Å². The number of anilines is 2. The van der Waals surface area contributed by atoms with E-state index in [-0.39, 0.29) is 6.54 Å². The second-order valence-corrected chi connectivity index (χ2v) is 7.77. The maximum Gasteiger partial charge on any atom is 0.245 e. The van der Waals surface area contributed by atoms with E-state index >= 15 is 0 Å². The Balaban J connectivity index is 2.16. The van der Waals surface area contributed by atoms with Gasteiger partial charge in [0.2, 0.25) is 15.9 Å². The summed E-state index contributed by atoms with van der Waals surface area (Å²) < 4.78 is 30.2. The second-order valence-electron chi connectivity index (χ2n) is 5.43. The van der Waals surface area contributed by atoms with Crippen LogP contribution < -0.4 is 9.62 Å². The highest BCUT2D eigenvalue weighted by Gasteiger charge is 2.21. The zero-order valence-corrected chi connectivity index (χ0v) is 15.5. The van der Waals surface area contributed by atoms with Gasteiger partial charge >= 0.3 is 0 Å². The number of carbonyl (C=O) groups is 1. The summed E-state index contributed by atoms with van der Waals surface area (Å²) in [6.07, 6.45) is 1.04. The number of nitrogens with one attached hydrogen (secondary N) is 1. The van der Waals surface area contributed by atoms with Crippen molar-refractivity contribution in [2.75, 3.05) is 29.5 Å². The predicted molar refractivity (Wildman–Crippen MR) is 99.4 cm³/mol. The van der Waals surface area contributed by atoms with Gasteiger partial charge in [-0.05, 0) is 35.9 Å². The van der Waals surface area contributed by atoms with Gasteiger partial charge in [0.1, 0.15) is 6.54 Å². The lowest BCUT2D eigenvalue weighted by Crippen LogP contribution is -2.37. The van der Waals surface area contributed by atoms with E-state index in [1.807, 2.05) is 6.07 Å². The normalized spacial score (nSPS) is 11.2. The Bertz CT molecular complexity index is 855. The molecule has 0 heterocycles. The van der Waals surface area contributed by atoms with Crippen LogP contribution in [0, 0.1) is 0 Å². The SMILES string of the molecule is COCc1cccc(NC(=O)CN(c2cccc(Cl)c2)S(C)(=O)=O)c1. The molecule has 25 heavy (non-hydrogen) atoms. The molecule has 0 unspecified atom stereocenters. The molecule has 1 amide bonds. The molecule has 1 N–H and O–H groups in total. The van der Waals surface area contributed by atoms with Crippen LogP contribution >= 0.6 is 11.6 Å². The van der Waals surface area contributed by atoms with Crippen molar-refractivity contribution >= 4 is 38.9 Å². The zero-order chi connectivity index (χ0) is 18.4. The Kier molecular flexibility index (Phi) is 6.41. The Morgan fingerprint density at radius 3 is 2.56 bits per heavy atom. The number of hydrogen-bond acceptors (Lipinski definition) is 4. The number of halogens is 1. The van der Waals surface area contributed by atoms with Crippen LogP contribution in [0.3, 0.4) is 0 Å². The van der Waals surface area contributed by atoms with E-state index in [4.69, 9.17) is 16.3 Å². The number of amides is 1. The quantitative estimate of drug-likeness (QED) is 0.798. The molecule has 0 radical (unpaired) electrons. The molecule has 2 aromatic rings. The lowest BCUT2D eigenvalue weighted by Gasteiger charge is -2.22. The molecule has 0 fully saturated rings. The topological polar surface area (TPSA) is 75.7 Å². The molecular formula is C17H19ClN2O4S. The van der Waals surface area contributed by atoms with Crippen molar-refractivity contribution in [3.8, 4) is 0 Å². The highest BCUT2D eigenvalue weighted by molar-refractivity contribution is 7.92. The van der Waals surface area contributed by atoms with Gasteiger partial charge in [-0.1, -0.05) is 29.8 Å². The monoisotopic (exact) mass is 382 g/mol. The molecule has 0 bridgehead atoms. The van der Waals surface area contributed by atoms with Gasteiger partial charge in [0.25, 0.3) is 0 Å². The lowest BCUT2D eigenvalue weighted by atomic mass is 10.2. The first kappa shape index (κ1) is 19.2. The fraction of sp³-hybridized carbons (Fsp3) is 0.235. The van der Waals surface area contributed by atoms with Crippen LogP contribution in [-0.4, -0.2) is 34.2 Å². The number of benzene rings is 2. The van der Waals surface area contributed by atoms with Crippen molar-refractivity contribution in [1.29, 1.82) is 0 Å². The summed E-state index contributed by atoms with van der Waals surface area (Å²) in [5.41, 5.74) is 1.80. The third-order valence-corrected chi connectivity index (χ3v) is 4.68. The van der Waals surface area contributed by atoms with Crippen molar-refractivity contribution in [3.05, 3.63) is 59.1 Å². The fourth-order valence-corrected chi connectivity index (χ4v) is 3.30. The van der Waals surface area contributed by atoms with Crippen molar-refractivity contribution in [2.45, 2.75) is 6.61 Å². The number of hydrogen-bond donors (Lipinski definition) is 1. The molecule has 0 saturated heterocycles. The Morgan fingerprint density at radius 1 is 1.20 bits per heavy atom. The molecule has 8 heteroatoms. The molecule has 6 nitrogen and oxygen atoms in total. The van der Waals surface area contributed by atoms with Crippen molar-refractivity contribution < 1.29 is 17.9 Å². The number of carbonyl (C=O) groups excluding carboxylic acids is 1. The molecular weight excluding hydrogens is 364 g/mol. The highest BCUT2D eigenvalue weighted by Crippen LogP contribution is 2.22. The first-order chi connectivity index (χ1) is 11.8. The number of rotatable bonds is 7. The standard InChI is InChI=1S/C17H19ClN2O4S/c1-24-12-13-5-3-7-15(9-13)19-17(21)11-20(25(2,22)23)16-8-4-6-14(18)10-16/h3-10H,11-12H2,1-2H3,(H,19,21).